The van der Waals surface area contributed by atoms with Crippen LogP contribution in [0.5, 0.6) is 5.75 Å². The lowest BCUT2D eigenvalue weighted by Crippen LogP contribution is -2.40. The van der Waals surface area contributed by atoms with Gasteiger partial charge in [0.1, 0.15) is 11.9 Å². The molecular weight excluding hydrogens is 286 g/mol. The van der Waals surface area contributed by atoms with Crippen molar-refractivity contribution in [2.75, 3.05) is 20.2 Å². The maximum Gasteiger partial charge on any atom is 0.337 e. The Hall–Kier alpha value is -2.08. The van der Waals surface area contributed by atoms with E-state index in [4.69, 9.17) is 14.6 Å². The number of nitrogens with zero attached hydrogens (tertiary/aromatic N) is 1. The number of carbonyl (C=O) groups is 2. The highest BCUT2D eigenvalue weighted by Gasteiger charge is 2.22. The smallest absolute Gasteiger partial charge is 0.337 e. The third-order valence-electron chi connectivity index (χ3n) is 3.83. The van der Waals surface area contributed by atoms with Gasteiger partial charge in [-0.05, 0) is 17.7 Å². The molecule has 0 radical (unpaired) electrons. The van der Waals surface area contributed by atoms with Crippen LogP contribution in [0.1, 0.15) is 31.4 Å². The monoisotopic (exact) mass is 307 g/mol. The molecule has 6 heteroatoms. The summed E-state index contributed by atoms with van der Waals surface area (Å²) in [5, 5.41) is 9.04. The molecule has 1 aromatic rings. The first-order chi connectivity index (χ1) is 10.5. The van der Waals surface area contributed by atoms with Crippen molar-refractivity contribution < 1.29 is 24.2 Å². The first-order valence-corrected chi connectivity index (χ1v) is 7.29. The van der Waals surface area contributed by atoms with Gasteiger partial charge in [0, 0.05) is 40.0 Å². The summed E-state index contributed by atoms with van der Waals surface area (Å²) in [6.07, 6.45) is 0.723. The predicted molar refractivity (Wildman–Crippen MR) is 79.7 cm³/mol. The number of hydrogen-bond donors (Lipinski definition) is 1. The lowest BCUT2D eigenvalue weighted by atomic mass is 10.1. The molecule has 1 aliphatic heterocycles. The molecule has 1 amide bonds. The number of ether oxygens (including phenoxy) is 2. The quantitative estimate of drug-likeness (QED) is 0.898. The van der Waals surface area contributed by atoms with Gasteiger partial charge < -0.3 is 19.5 Å². The van der Waals surface area contributed by atoms with E-state index in [1.54, 1.807) is 31.2 Å². The van der Waals surface area contributed by atoms with E-state index in [0.29, 0.717) is 24.4 Å². The topological polar surface area (TPSA) is 76.1 Å². The van der Waals surface area contributed by atoms with Crippen molar-refractivity contribution in [3.8, 4) is 5.75 Å². The average molecular weight is 307 g/mol. The van der Waals surface area contributed by atoms with Crippen LogP contribution in [-0.4, -0.2) is 48.2 Å². The molecule has 1 saturated heterocycles. The maximum absolute atomic E-state index is 11.3. The number of carbonyl (C=O) groups excluding carboxylic acids is 1. The minimum Gasteiger partial charge on any atom is -0.490 e. The minimum absolute atomic E-state index is 0.0825. The molecule has 1 aromatic carbocycles. The van der Waals surface area contributed by atoms with E-state index in [9.17, 15) is 9.59 Å². The molecule has 1 atom stereocenters. The molecule has 1 N–H and O–H groups in total. The number of amides is 1. The lowest BCUT2D eigenvalue weighted by molar-refractivity contribution is -0.148. The van der Waals surface area contributed by atoms with Crippen LogP contribution >= 0.6 is 0 Å². The molecule has 6 nitrogen and oxygen atoms in total. The van der Waals surface area contributed by atoms with Crippen molar-refractivity contribution in [2.45, 2.75) is 32.0 Å². The summed E-state index contributed by atoms with van der Waals surface area (Å²) in [6.45, 7) is 3.00. The second-order valence-electron chi connectivity index (χ2n) is 5.35. The van der Waals surface area contributed by atoms with E-state index >= 15 is 0 Å². The minimum atomic E-state index is -1.02. The molecule has 2 rings (SSSR count). The van der Waals surface area contributed by atoms with Crippen molar-refractivity contribution in [1.82, 2.24) is 4.90 Å². The highest BCUT2D eigenvalue weighted by Crippen LogP contribution is 2.23. The Labute approximate surface area is 129 Å². The fourth-order valence-corrected chi connectivity index (χ4v) is 2.58. The van der Waals surface area contributed by atoms with Gasteiger partial charge in [-0.15, -0.1) is 0 Å². The van der Waals surface area contributed by atoms with Gasteiger partial charge in [-0.3, -0.25) is 4.79 Å². The molecule has 1 aliphatic rings. The highest BCUT2D eigenvalue weighted by atomic mass is 16.5. The molecule has 120 valence electrons. The second-order valence-corrected chi connectivity index (χ2v) is 5.35. The summed E-state index contributed by atoms with van der Waals surface area (Å²) in [7, 11) is 1.37. The molecule has 0 aromatic heterocycles. The molecule has 22 heavy (non-hydrogen) atoms. The summed E-state index contributed by atoms with van der Waals surface area (Å²) in [4.78, 5) is 24.1. The van der Waals surface area contributed by atoms with Crippen LogP contribution in [0.25, 0.3) is 0 Å². The van der Waals surface area contributed by atoms with Crippen LogP contribution < -0.4 is 4.74 Å². The fourth-order valence-electron chi connectivity index (χ4n) is 2.58. The van der Waals surface area contributed by atoms with Crippen molar-refractivity contribution in [2.24, 2.45) is 0 Å². The molecule has 1 unspecified atom stereocenters. The van der Waals surface area contributed by atoms with Gasteiger partial charge in [0.05, 0.1) is 0 Å². The number of likely N-dealkylation sites (tertiary alicyclic amines) is 1. The summed E-state index contributed by atoms with van der Waals surface area (Å²) in [6, 6.07) is 6.90. The van der Waals surface area contributed by atoms with Crippen LogP contribution in [0.4, 0.5) is 0 Å². The van der Waals surface area contributed by atoms with Crippen molar-refractivity contribution >= 4 is 11.9 Å². The van der Waals surface area contributed by atoms with Crippen LogP contribution in [0.3, 0.4) is 0 Å². The first-order valence-electron chi connectivity index (χ1n) is 7.29. The zero-order valence-corrected chi connectivity index (χ0v) is 12.8. The van der Waals surface area contributed by atoms with Gasteiger partial charge >= 0.3 is 5.97 Å². The number of aliphatic carboxylic acids is 1. The normalized spacial score (nSPS) is 17.1. The fraction of sp³-hybridized carbons (Fsp3) is 0.500. The molecule has 0 saturated carbocycles. The van der Waals surface area contributed by atoms with Crippen LogP contribution in [0, 0.1) is 0 Å². The van der Waals surface area contributed by atoms with Gasteiger partial charge in [0.25, 0.3) is 0 Å². The predicted octanol–water partition coefficient (Wildman–Crippen LogP) is 1.85. The van der Waals surface area contributed by atoms with E-state index in [2.05, 4.69) is 0 Å². The third kappa shape index (κ3) is 3.98. The SMILES string of the molecule is COC(C(=O)O)c1ccc(OC2CCN(C(C)=O)CC2)cc1. The number of hydrogen-bond acceptors (Lipinski definition) is 4. The van der Waals surface area contributed by atoms with Gasteiger partial charge in [-0.1, -0.05) is 12.1 Å². The van der Waals surface area contributed by atoms with Gasteiger partial charge in [0.15, 0.2) is 6.10 Å². The standard InChI is InChI=1S/C16H21NO5/c1-11(18)17-9-7-14(8-10-17)22-13-5-3-12(4-6-13)15(21-2)16(19)20/h3-6,14-15H,7-10H2,1-2H3,(H,19,20). The van der Waals surface area contributed by atoms with E-state index in [1.807, 2.05) is 4.90 Å². The zero-order valence-electron chi connectivity index (χ0n) is 12.8. The lowest BCUT2D eigenvalue weighted by Gasteiger charge is -2.31. The van der Waals surface area contributed by atoms with Gasteiger partial charge in [-0.2, -0.15) is 0 Å². The Morgan fingerprint density at radius 1 is 1.23 bits per heavy atom. The number of benzene rings is 1. The third-order valence-corrected chi connectivity index (χ3v) is 3.83. The van der Waals surface area contributed by atoms with E-state index < -0.39 is 12.1 Å². The van der Waals surface area contributed by atoms with E-state index in [-0.39, 0.29) is 12.0 Å². The first kappa shape index (κ1) is 16.3. The molecule has 1 heterocycles. The van der Waals surface area contributed by atoms with Gasteiger partial charge in [-0.25, -0.2) is 4.79 Å². The Morgan fingerprint density at radius 3 is 2.27 bits per heavy atom. The molecule has 0 aliphatic carbocycles. The number of carboxylic acids is 1. The number of piperidine rings is 1. The van der Waals surface area contributed by atoms with Gasteiger partial charge in [0.2, 0.25) is 5.91 Å². The van der Waals surface area contributed by atoms with Crippen LogP contribution in [0.15, 0.2) is 24.3 Å². The van der Waals surface area contributed by atoms with Crippen molar-refractivity contribution in [3.05, 3.63) is 29.8 Å². The molecule has 1 fully saturated rings. The number of carboxylic acid groups (broad SMARTS) is 1. The summed E-state index contributed by atoms with van der Waals surface area (Å²) in [5.74, 6) is -0.222. The summed E-state index contributed by atoms with van der Waals surface area (Å²) in [5.41, 5.74) is 0.578. The average Bonchev–Trinajstić information content (AvgIpc) is 2.50. The Kier molecular flexibility index (Phi) is 5.38. The maximum atomic E-state index is 11.3. The Balaban J connectivity index is 1.92. The van der Waals surface area contributed by atoms with Crippen LogP contribution in [0.2, 0.25) is 0 Å². The Morgan fingerprint density at radius 2 is 1.82 bits per heavy atom. The van der Waals surface area contributed by atoms with Crippen molar-refractivity contribution in [3.63, 3.8) is 0 Å². The highest BCUT2D eigenvalue weighted by molar-refractivity contribution is 5.74. The second kappa shape index (κ2) is 7.26. The van der Waals surface area contributed by atoms with E-state index in [1.165, 1.54) is 7.11 Å². The van der Waals surface area contributed by atoms with E-state index in [0.717, 1.165) is 12.8 Å². The molecule has 0 bridgehead atoms. The molecule has 0 spiro atoms. The van der Waals surface area contributed by atoms with Crippen molar-refractivity contribution in [1.29, 1.82) is 0 Å². The Bertz CT molecular complexity index is 520. The summed E-state index contributed by atoms with van der Waals surface area (Å²) < 4.78 is 10.8. The summed E-state index contributed by atoms with van der Waals surface area (Å²) >= 11 is 0. The number of rotatable bonds is 5. The number of methoxy groups -OCH3 is 1. The molecular formula is C16H21NO5. The largest absolute Gasteiger partial charge is 0.490 e. The zero-order chi connectivity index (χ0) is 16.1. The van der Waals surface area contributed by atoms with Crippen LogP contribution in [-0.2, 0) is 14.3 Å².